The number of halogens is 1. The van der Waals surface area contributed by atoms with Gasteiger partial charge in [-0.2, -0.15) is 0 Å². The van der Waals surface area contributed by atoms with Crippen LogP contribution < -0.4 is 21.1 Å². The van der Waals surface area contributed by atoms with E-state index in [0.29, 0.717) is 41.3 Å². The maximum atomic E-state index is 14.5. The molecule has 1 aromatic carbocycles. The fourth-order valence-electron chi connectivity index (χ4n) is 4.97. The van der Waals surface area contributed by atoms with Crippen molar-refractivity contribution >= 4 is 22.7 Å². The Morgan fingerprint density at radius 2 is 2.00 bits per heavy atom. The number of fused-ring (bicyclic) bond motifs is 1. The van der Waals surface area contributed by atoms with Crippen LogP contribution in [0, 0.1) is 5.82 Å². The molecule has 11 heteroatoms. The molecule has 1 saturated heterocycles. The minimum atomic E-state index is -0.495. The lowest BCUT2D eigenvalue weighted by molar-refractivity contribution is 0.0415. The van der Waals surface area contributed by atoms with Gasteiger partial charge in [0.1, 0.15) is 11.8 Å². The number of imidazole rings is 1. The molecule has 0 saturated carbocycles. The second kappa shape index (κ2) is 9.91. The van der Waals surface area contributed by atoms with Crippen LogP contribution in [0.1, 0.15) is 25.3 Å². The number of pyridine rings is 1. The highest BCUT2D eigenvalue weighted by molar-refractivity contribution is 5.81. The molecule has 1 aliphatic rings. The summed E-state index contributed by atoms with van der Waals surface area (Å²) in [6.07, 6.45) is 6.64. The average molecular weight is 507 g/mol. The van der Waals surface area contributed by atoms with E-state index in [0.717, 1.165) is 30.6 Å². The molecule has 4 heterocycles. The van der Waals surface area contributed by atoms with Crippen molar-refractivity contribution in [3.8, 4) is 17.0 Å². The molecule has 194 valence electrons. The second-order valence-electron chi connectivity index (χ2n) is 9.49. The van der Waals surface area contributed by atoms with E-state index in [1.165, 1.54) is 19.5 Å². The summed E-state index contributed by atoms with van der Waals surface area (Å²) < 4.78 is 27.1. The predicted octanol–water partition coefficient (Wildman–Crippen LogP) is 3.00. The number of benzene rings is 1. The standard InChI is InChI=1S/C26H31FN8O2/c1-16(36-2)26(29)7-4-8-34(13-26)21-11-30-20(17-5-6-22(37-3)19(27)9-17)10-18(21)12-35-15-33-23-24(28)31-14-32-25(23)35/h5-6,9-11,14-16H,4,7-8,12-13,29H2,1-3H3,(H2,28,31,32)/t16-,26-/m1/s1. The lowest BCUT2D eigenvalue weighted by Crippen LogP contribution is -2.61. The van der Waals surface area contributed by atoms with Crippen molar-refractivity contribution in [2.75, 3.05) is 37.9 Å². The smallest absolute Gasteiger partial charge is 0.165 e. The summed E-state index contributed by atoms with van der Waals surface area (Å²) in [5.74, 6) is 0.0610. The summed E-state index contributed by atoms with van der Waals surface area (Å²) in [4.78, 5) is 19.8. The van der Waals surface area contributed by atoms with Crippen molar-refractivity contribution in [2.45, 2.75) is 38.0 Å². The van der Waals surface area contributed by atoms with Crippen molar-refractivity contribution < 1.29 is 13.9 Å². The highest BCUT2D eigenvalue weighted by atomic mass is 19.1. The van der Waals surface area contributed by atoms with Gasteiger partial charge in [-0.3, -0.25) is 4.98 Å². The van der Waals surface area contributed by atoms with Gasteiger partial charge in [-0.25, -0.2) is 19.3 Å². The molecule has 4 aromatic rings. The van der Waals surface area contributed by atoms with Gasteiger partial charge in [-0.1, -0.05) is 0 Å². The maximum Gasteiger partial charge on any atom is 0.165 e. The first-order chi connectivity index (χ1) is 17.8. The number of ether oxygens (including phenoxy) is 2. The zero-order valence-electron chi connectivity index (χ0n) is 21.2. The fourth-order valence-corrected chi connectivity index (χ4v) is 4.97. The molecular formula is C26H31FN8O2. The number of methoxy groups -OCH3 is 2. The third kappa shape index (κ3) is 4.67. The van der Waals surface area contributed by atoms with E-state index in [1.807, 2.05) is 23.8 Å². The molecule has 1 fully saturated rings. The van der Waals surface area contributed by atoms with E-state index in [9.17, 15) is 4.39 Å². The van der Waals surface area contributed by atoms with Gasteiger partial charge >= 0.3 is 0 Å². The summed E-state index contributed by atoms with van der Waals surface area (Å²) in [6, 6.07) is 6.79. The third-order valence-corrected chi connectivity index (χ3v) is 7.24. The van der Waals surface area contributed by atoms with E-state index < -0.39 is 11.4 Å². The second-order valence-corrected chi connectivity index (χ2v) is 9.49. The van der Waals surface area contributed by atoms with E-state index in [1.54, 1.807) is 25.6 Å². The molecule has 0 unspecified atom stereocenters. The van der Waals surface area contributed by atoms with Crippen LogP contribution in [-0.2, 0) is 11.3 Å². The molecule has 0 radical (unpaired) electrons. The van der Waals surface area contributed by atoms with Gasteiger partial charge in [0.05, 0.1) is 49.2 Å². The molecule has 10 nitrogen and oxygen atoms in total. The predicted molar refractivity (Wildman–Crippen MR) is 140 cm³/mol. The number of aromatic nitrogens is 5. The van der Waals surface area contributed by atoms with Gasteiger partial charge in [-0.15, -0.1) is 0 Å². The molecule has 3 aromatic heterocycles. The zero-order chi connectivity index (χ0) is 26.2. The summed E-state index contributed by atoms with van der Waals surface area (Å²) in [6.45, 7) is 3.91. The zero-order valence-corrected chi connectivity index (χ0v) is 21.2. The molecule has 4 N–H and O–H groups in total. The van der Waals surface area contributed by atoms with Crippen LogP contribution in [0.5, 0.6) is 5.75 Å². The van der Waals surface area contributed by atoms with Crippen LogP contribution in [0.4, 0.5) is 15.9 Å². The minimum Gasteiger partial charge on any atom is -0.494 e. The van der Waals surface area contributed by atoms with Crippen LogP contribution in [0.3, 0.4) is 0 Å². The Balaban J connectivity index is 1.58. The van der Waals surface area contributed by atoms with Crippen molar-refractivity contribution in [1.29, 1.82) is 0 Å². The Morgan fingerprint density at radius 1 is 1.16 bits per heavy atom. The van der Waals surface area contributed by atoms with Crippen LogP contribution in [0.25, 0.3) is 22.4 Å². The Kier molecular flexibility index (Phi) is 6.65. The summed E-state index contributed by atoms with van der Waals surface area (Å²) in [5, 5.41) is 0. The van der Waals surface area contributed by atoms with Gasteiger partial charge in [0.15, 0.2) is 23.0 Å². The number of hydrogen-bond donors (Lipinski definition) is 2. The van der Waals surface area contributed by atoms with Gasteiger partial charge in [0, 0.05) is 25.8 Å². The minimum absolute atomic E-state index is 0.106. The van der Waals surface area contributed by atoms with Crippen molar-refractivity contribution in [3.63, 3.8) is 0 Å². The van der Waals surface area contributed by atoms with Crippen LogP contribution in [-0.4, -0.2) is 63.5 Å². The van der Waals surface area contributed by atoms with Gasteiger partial charge in [0.25, 0.3) is 0 Å². The molecule has 5 rings (SSSR count). The monoisotopic (exact) mass is 506 g/mol. The Hall–Kier alpha value is -3.83. The van der Waals surface area contributed by atoms with Crippen LogP contribution in [0.2, 0.25) is 0 Å². The molecule has 37 heavy (non-hydrogen) atoms. The molecule has 0 spiro atoms. The highest BCUT2D eigenvalue weighted by Gasteiger charge is 2.37. The number of piperidine rings is 1. The number of nitrogen functional groups attached to an aromatic ring is 1. The lowest BCUT2D eigenvalue weighted by Gasteiger charge is -2.44. The average Bonchev–Trinajstić information content (AvgIpc) is 3.32. The molecule has 2 atom stereocenters. The first-order valence-electron chi connectivity index (χ1n) is 12.1. The SMILES string of the molecule is COc1ccc(-c2cc(Cn3cnc4c(N)ncnc43)c(N3CCC[C@](N)([C@@H](C)OC)C3)cn2)cc1F. The Morgan fingerprint density at radius 3 is 2.76 bits per heavy atom. The fraction of sp³-hybridized carbons (Fsp3) is 0.385. The van der Waals surface area contributed by atoms with Gasteiger partial charge < -0.3 is 30.4 Å². The number of anilines is 2. The normalized spacial score (nSPS) is 18.8. The number of hydrogen-bond acceptors (Lipinski definition) is 9. The summed E-state index contributed by atoms with van der Waals surface area (Å²) in [7, 11) is 3.13. The molecule has 1 aliphatic heterocycles. The third-order valence-electron chi connectivity index (χ3n) is 7.24. The van der Waals surface area contributed by atoms with Crippen molar-refractivity contribution in [3.05, 3.63) is 54.5 Å². The van der Waals surface area contributed by atoms with Crippen LogP contribution >= 0.6 is 0 Å². The quantitative estimate of drug-likeness (QED) is 0.388. The number of nitrogens with zero attached hydrogens (tertiary/aromatic N) is 6. The van der Waals surface area contributed by atoms with E-state index >= 15 is 0 Å². The largest absolute Gasteiger partial charge is 0.494 e. The summed E-state index contributed by atoms with van der Waals surface area (Å²) >= 11 is 0. The van der Waals surface area contributed by atoms with E-state index in [4.69, 9.17) is 25.9 Å². The van der Waals surface area contributed by atoms with Crippen molar-refractivity contribution in [2.24, 2.45) is 5.73 Å². The Bertz CT molecular complexity index is 1430. The first kappa shape index (κ1) is 24.8. The molecular weight excluding hydrogens is 475 g/mol. The Labute approximate surface area is 214 Å². The summed E-state index contributed by atoms with van der Waals surface area (Å²) in [5.41, 5.74) is 16.7. The van der Waals surface area contributed by atoms with Crippen molar-refractivity contribution in [1.82, 2.24) is 24.5 Å². The lowest BCUT2D eigenvalue weighted by atomic mass is 9.85. The first-order valence-corrected chi connectivity index (χ1v) is 12.1. The van der Waals surface area contributed by atoms with E-state index in [2.05, 4.69) is 19.9 Å². The number of rotatable bonds is 7. The topological polar surface area (TPSA) is 130 Å². The molecule has 0 amide bonds. The molecule has 0 aliphatic carbocycles. The van der Waals surface area contributed by atoms with E-state index in [-0.39, 0.29) is 11.9 Å². The highest BCUT2D eigenvalue weighted by Crippen LogP contribution is 2.33. The van der Waals surface area contributed by atoms with Crippen LogP contribution in [0.15, 0.2) is 43.1 Å². The maximum absolute atomic E-state index is 14.5. The van der Waals surface area contributed by atoms with Gasteiger partial charge in [0.2, 0.25) is 0 Å². The van der Waals surface area contributed by atoms with Gasteiger partial charge in [-0.05, 0) is 49.6 Å². The molecule has 0 bridgehead atoms. The number of nitrogens with two attached hydrogens (primary N) is 2.